The molecule has 8 heteroatoms. The molecule has 0 aliphatic heterocycles. The quantitative estimate of drug-likeness (QED) is 0.736. The van der Waals surface area contributed by atoms with Crippen LogP contribution in [0.25, 0.3) is 4.96 Å². The number of nitrogen functional groups attached to an aromatic ring is 1. The number of anilines is 1. The van der Waals surface area contributed by atoms with Crippen LogP contribution in [0.5, 0.6) is 0 Å². The summed E-state index contributed by atoms with van der Waals surface area (Å²) in [4.78, 5) is 17.2. The Morgan fingerprint density at radius 3 is 3.00 bits per heavy atom. The van der Waals surface area contributed by atoms with Crippen molar-refractivity contribution in [2.24, 2.45) is 7.05 Å². The average molecular weight is 291 g/mol. The van der Waals surface area contributed by atoms with Gasteiger partial charge in [-0.3, -0.25) is 9.08 Å². The summed E-state index contributed by atoms with van der Waals surface area (Å²) < 4.78 is 8.55. The van der Waals surface area contributed by atoms with Crippen LogP contribution in [0.4, 0.5) is 5.69 Å². The van der Waals surface area contributed by atoms with E-state index in [4.69, 9.17) is 10.5 Å². The van der Waals surface area contributed by atoms with Crippen LogP contribution in [0.2, 0.25) is 0 Å². The van der Waals surface area contributed by atoms with Crippen molar-refractivity contribution >= 4 is 28.0 Å². The van der Waals surface area contributed by atoms with Gasteiger partial charge < -0.3 is 10.5 Å². The minimum atomic E-state index is -0.498. The van der Waals surface area contributed by atoms with Crippen molar-refractivity contribution in [2.45, 2.75) is 13.5 Å². The SMILES string of the molecule is Cc1nn(C)c(C(=O)OCc2cn3ccsc3n2)c1N. The van der Waals surface area contributed by atoms with E-state index in [1.807, 2.05) is 22.2 Å². The Kier molecular flexibility index (Phi) is 2.94. The van der Waals surface area contributed by atoms with Crippen molar-refractivity contribution < 1.29 is 9.53 Å². The molecular weight excluding hydrogens is 278 g/mol. The van der Waals surface area contributed by atoms with E-state index < -0.39 is 5.97 Å². The summed E-state index contributed by atoms with van der Waals surface area (Å²) in [7, 11) is 1.66. The third-order valence-corrected chi connectivity index (χ3v) is 3.73. The fraction of sp³-hybridized carbons (Fsp3) is 0.250. The highest BCUT2D eigenvalue weighted by Gasteiger charge is 2.19. The first-order chi connectivity index (χ1) is 9.56. The molecule has 0 aliphatic carbocycles. The second kappa shape index (κ2) is 4.64. The van der Waals surface area contributed by atoms with Crippen LogP contribution in [0.1, 0.15) is 21.9 Å². The summed E-state index contributed by atoms with van der Waals surface area (Å²) in [5, 5.41) is 6.03. The zero-order chi connectivity index (χ0) is 14.3. The van der Waals surface area contributed by atoms with E-state index in [1.165, 1.54) is 16.0 Å². The monoisotopic (exact) mass is 291 g/mol. The second-order valence-corrected chi connectivity index (χ2v) is 5.25. The average Bonchev–Trinajstić information content (AvgIpc) is 3.02. The summed E-state index contributed by atoms with van der Waals surface area (Å²) >= 11 is 1.52. The molecule has 3 aromatic rings. The molecule has 0 saturated carbocycles. The smallest absolute Gasteiger partial charge is 0.359 e. The number of aromatic nitrogens is 4. The fourth-order valence-corrected chi connectivity index (χ4v) is 2.69. The molecule has 0 amide bonds. The maximum absolute atomic E-state index is 12.0. The molecule has 0 bridgehead atoms. The van der Waals surface area contributed by atoms with Gasteiger partial charge in [0.25, 0.3) is 0 Å². The van der Waals surface area contributed by atoms with Crippen LogP contribution >= 0.6 is 11.3 Å². The number of rotatable bonds is 3. The van der Waals surface area contributed by atoms with Crippen molar-refractivity contribution in [2.75, 3.05) is 5.73 Å². The molecule has 0 atom stereocenters. The molecule has 7 nitrogen and oxygen atoms in total. The van der Waals surface area contributed by atoms with E-state index in [2.05, 4.69) is 10.1 Å². The second-order valence-electron chi connectivity index (χ2n) is 4.37. The van der Waals surface area contributed by atoms with Crippen molar-refractivity contribution in [3.63, 3.8) is 0 Å². The number of carbonyl (C=O) groups excluding carboxylic acids is 1. The molecule has 3 heterocycles. The van der Waals surface area contributed by atoms with Crippen LogP contribution < -0.4 is 5.73 Å². The highest BCUT2D eigenvalue weighted by Crippen LogP contribution is 2.17. The van der Waals surface area contributed by atoms with Crippen LogP contribution in [-0.4, -0.2) is 25.1 Å². The van der Waals surface area contributed by atoms with Crippen molar-refractivity contribution in [3.05, 3.63) is 34.9 Å². The van der Waals surface area contributed by atoms with E-state index in [-0.39, 0.29) is 12.3 Å². The number of thiazole rings is 1. The number of imidazole rings is 1. The molecule has 0 aromatic carbocycles. The maximum atomic E-state index is 12.0. The molecule has 20 heavy (non-hydrogen) atoms. The third kappa shape index (κ3) is 2.03. The van der Waals surface area contributed by atoms with Gasteiger partial charge in [0.1, 0.15) is 6.61 Å². The summed E-state index contributed by atoms with van der Waals surface area (Å²) in [5.41, 5.74) is 7.74. The van der Waals surface area contributed by atoms with Gasteiger partial charge >= 0.3 is 5.97 Å². The minimum Gasteiger partial charge on any atom is -0.454 e. The molecule has 0 saturated heterocycles. The van der Waals surface area contributed by atoms with Crippen LogP contribution in [-0.2, 0) is 18.4 Å². The molecule has 3 aromatic heterocycles. The molecule has 0 aliphatic rings. The number of nitrogens with two attached hydrogens (primary N) is 1. The van der Waals surface area contributed by atoms with Crippen LogP contribution in [0.3, 0.4) is 0 Å². The molecule has 104 valence electrons. The van der Waals surface area contributed by atoms with Gasteiger partial charge in [0.15, 0.2) is 10.7 Å². The summed E-state index contributed by atoms with van der Waals surface area (Å²) in [6, 6.07) is 0. The number of nitrogens with zero attached hydrogens (tertiary/aromatic N) is 4. The maximum Gasteiger partial charge on any atom is 0.359 e. The van der Waals surface area contributed by atoms with Gasteiger partial charge in [0.05, 0.1) is 17.1 Å². The first-order valence-electron chi connectivity index (χ1n) is 5.93. The third-order valence-electron chi connectivity index (χ3n) is 2.96. The number of hydrogen-bond donors (Lipinski definition) is 1. The molecule has 0 spiro atoms. The Morgan fingerprint density at radius 1 is 1.55 bits per heavy atom. The summed E-state index contributed by atoms with van der Waals surface area (Å²) in [6.45, 7) is 1.85. The van der Waals surface area contributed by atoms with E-state index >= 15 is 0 Å². The van der Waals surface area contributed by atoms with Gasteiger partial charge in [-0.15, -0.1) is 11.3 Å². The molecule has 2 N–H and O–H groups in total. The normalized spacial score (nSPS) is 11.1. The summed E-state index contributed by atoms with van der Waals surface area (Å²) in [6.07, 6.45) is 3.73. The highest BCUT2D eigenvalue weighted by atomic mass is 32.1. The van der Waals surface area contributed by atoms with E-state index in [0.29, 0.717) is 17.1 Å². The molecule has 0 unspecified atom stereocenters. The van der Waals surface area contributed by atoms with Crippen LogP contribution in [0.15, 0.2) is 17.8 Å². The zero-order valence-corrected chi connectivity index (χ0v) is 11.8. The van der Waals surface area contributed by atoms with E-state index in [1.54, 1.807) is 14.0 Å². The van der Waals surface area contributed by atoms with Gasteiger partial charge in [-0.25, -0.2) is 9.78 Å². The number of esters is 1. The minimum absolute atomic E-state index is 0.108. The van der Waals surface area contributed by atoms with Crippen molar-refractivity contribution in [1.29, 1.82) is 0 Å². The Morgan fingerprint density at radius 2 is 2.35 bits per heavy atom. The van der Waals surface area contributed by atoms with Crippen molar-refractivity contribution in [3.8, 4) is 0 Å². The lowest BCUT2D eigenvalue weighted by Crippen LogP contribution is -2.12. The zero-order valence-electron chi connectivity index (χ0n) is 11.0. The Labute approximate surface area is 118 Å². The number of aryl methyl sites for hydroxylation is 2. The number of fused-ring (bicyclic) bond motifs is 1. The predicted octanol–water partition coefficient (Wildman–Crippen LogP) is 1.38. The topological polar surface area (TPSA) is 87.4 Å². The van der Waals surface area contributed by atoms with Gasteiger partial charge in [-0.2, -0.15) is 5.10 Å². The van der Waals surface area contributed by atoms with Gasteiger partial charge in [0.2, 0.25) is 0 Å². The molecule has 0 fully saturated rings. The fourth-order valence-electron chi connectivity index (χ4n) is 1.97. The van der Waals surface area contributed by atoms with Gasteiger partial charge in [0, 0.05) is 24.8 Å². The van der Waals surface area contributed by atoms with Gasteiger partial charge in [-0.05, 0) is 6.92 Å². The largest absolute Gasteiger partial charge is 0.454 e. The predicted molar refractivity (Wildman–Crippen MR) is 74.5 cm³/mol. The molecular formula is C12H13N5O2S. The van der Waals surface area contributed by atoms with E-state index in [0.717, 1.165) is 4.96 Å². The highest BCUT2D eigenvalue weighted by molar-refractivity contribution is 7.15. The number of carbonyl (C=O) groups is 1. The lowest BCUT2D eigenvalue weighted by Gasteiger charge is -2.03. The Balaban J connectivity index is 1.74. The number of ether oxygens (including phenoxy) is 1. The lowest BCUT2D eigenvalue weighted by molar-refractivity contribution is 0.0457. The van der Waals surface area contributed by atoms with Crippen LogP contribution in [0, 0.1) is 6.92 Å². The Bertz CT molecular complexity index is 757. The number of hydrogen-bond acceptors (Lipinski definition) is 6. The Hall–Kier alpha value is -2.35. The first-order valence-corrected chi connectivity index (χ1v) is 6.81. The first kappa shape index (κ1) is 12.7. The van der Waals surface area contributed by atoms with E-state index in [9.17, 15) is 4.79 Å². The van der Waals surface area contributed by atoms with Gasteiger partial charge in [-0.1, -0.05) is 0 Å². The standard InChI is InChI=1S/C12H13N5O2S/c1-7-9(13)10(16(2)15-7)11(18)19-6-8-5-17-3-4-20-12(17)14-8/h3-5H,6,13H2,1-2H3. The van der Waals surface area contributed by atoms with Crippen molar-refractivity contribution in [1.82, 2.24) is 19.2 Å². The molecule has 0 radical (unpaired) electrons. The summed E-state index contributed by atoms with van der Waals surface area (Å²) in [5.74, 6) is -0.498. The molecule has 3 rings (SSSR count). The lowest BCUT2D eigenvalue weighted by atomic mass is 10.3.